The molecule has 3 heterocycles. The highest BCUT2D eigenvalue weighted by Gasteiger charge is 2.30. The molecule has 7 nitrogen and oxygen atoms in total. The van der Waals surface area contributed by atoms with Crippen molar-refractivity contribution in [2.24, 2.45) is 0 Å². The summed E-state index contributed by atoms with van der Waals surface area (Å²) in [7, 11) is 1.54. The van der Waals surface area contributed by atoms with Crippen LogP contribution in [0.2, 0.25) is 0 Å². The van der Waals surface area contributed by atoms with E-state index in [1.54, 1.807) is 12.1 Å². The predicted molar refractivity (Wildman–Crippen MR) is 85.1 cm³/mol. The van der Waals surface area contributed by atoms with Gasteiger partial charge in [0.15, 0.2) is 0 Å². The lowest BCUT2D eigenvalue weighted by atomic mass is 10.3. The van der Waals surface area contributed by atoms with Gasteiger partial charge in [-0.25, -0.2) is 4.98 Å². The standard InChI is InChI=1S/C15H18N4O3S/c1-9-14(23-10(2)16-9)15(20)19-7-6-11(8-19)22-13-5-4-12(21-3)17-18-13/h4-5,11H,6-8H2,1-3H3/t11-/m1/s1. The van der Waals surface area contributed by atoms with E-state index in [4.69, 9.17) is 9.47 Å². The van der Waals surface area contributed by atoms with Gasteiger partial charge in [0.1, 0.15) is 11.0 Å². The third-order valence-electron chi connectivity index (χ3n) is 3.64. The van der Waals surface area contributed by atoms with Gasteiger partial charge in [-0.05, 0) is 13.8 Å². The second kappa shape index (κ2) is 6.49. The summed E-state index contributed by atoms with van der Waals surface area (Å²) in [6.45, 7) is 4.99. The molecule has 23 heavy (non-hydrogen) atoms. The van der Waals surface area contributed by atoms with Crippen molar-refractivity contribution in [2.45, 2.75) is 26.4 Å². The fourth-order valence-electron chi connectivity index (χ4n) is 2.53. The summed E-state index contributed by atoms with van der Waals surface area (Å²) in [5.74, 6) is 0.909. The fraction of sp³-hybridized carbons (Fsp3) is 0.467. The smallest absolute Gasteiger partial charge is 0.265 e. The van der Waals surface area contributed by atoms with Gasteiger partial charge >= 0.3 is 0 Å². The number of hydrogen-bond donors (Lipinski definition) is 0. The summed E-state index contributed by atoms with van der Waals surface area (Å²) in [5.41, 5.74) is 0.794. The summed E-state index contributed by atoms with van der Waals surface area (Å²) in [6, 6.07) is 3.41. The number of rotatable bonds is 4. The van der Waals surface area contributed by atoms with Crippen LogP contribution in [0, 0.1) is 13.8 Å². The molecule has 0 unspecified atom stereocenters. The van der Waals surface area contributed by atoms with Gasteiger partial charge in [-0.15, -0.1) is 21.5 Å². The van der Waals surface area contributed by atoms with Gasteiger partial charge in [0, 0.05) is 25.1 Å². The minimum Gasteiger partial charge on any atom is -0.480 e. The molecule has 0 aromatic carbocycles. The Morgan fingerprint density at radius 1 is 1.30 bits per heavy atom. The highest BCUT2D eigenvalue weighted by molar-refractivity contribution is 7.13. The number of ether oxygens (including phenoxy) is 2. The lowest BCUT2D eigenvalue weighted by molar-refractivity contribution is 0.0774. The number of nitrogens with zero attached hydrogens (tertiary/aromatic N) is 4. The van der Waals surface area contributed by atoms with Crippen molar-refractivity contribution in [1.82, 2.24) is 20.1 Å². The van der Waals surface area contributed by atoms with E-state index < -0.39 is 0 Å². The van der Waals surface area contributed by atoms with Crippen molar-refractivity contribution in [2.75, 3.05) is 20.2 Å². The summed E-state index contributed by atoms with van der Waals surface area (Å²) in [4.78, 5) is 19.4. The Balaban J connectivity index is 1.61. The van der Waals surface area contributed by atoms with E-state index in [1.165, 1.54) is 18.4 Å². The van der Waals surface area contributed by atoms with E-state index in [0.29, 0.717) is 29.7 Å². The molecule has 0 saturated carbocycles. The van der Waals surface area contributed by atoms with Gasteiger partial charge in [-0.2, -0.15) is 0 Å². The maximum atomic E-state index is 12.6. The number of aromatic nitrogens is 3. The van der Waals surface area contributed by atoms with Gasteiger partial charge < -0.3 is 14.4 Å². The summed E-state index contributed by atoms with van der Waals surface area (Å²) >= 11 is 1.44. The monoisotopic (exact) mass is 334 g/mol. The minimum absolute atomic E-state index is 0.0278. The SMILES string of the molecule is COc1ccc(O[C@@H]2CCN(C(=O)c3sc(C)nc3C)C2)nn1. The van der Waals surface area contributed by atoms with Gasteiger partial charge in [0.25, 0.3) is 5.91 Å². The zero-order valence-electron chi connectivity index (χ0n) is 13.3. The first kappa shape index (κ1) is 15.7. The number of amides is 1. The maximum absolute atomic E-state index is 12.6. The quantitative estimate of drug-likeness (QED) is 0.849. The number of hydrogen-bond acceptors (Lipinski definition) is 7. The lowest BCUT2D eigenvalue weighted by Gasteiger charge is -2.16. The maximum Gasteiger partial charge on any atom is 0.265 e. The van der Waals surface area contributed by atoms with Crippen LogP contribution >= 0.6 is 11.3 Å². The predicted octanol–water partition coefficient (Wildman–Crippen LogP) is 1.85. The fourth-order valence-corrected chi connectivity index (χ4v) is 3.42. The molecule has 122 valence electrons. The van der Waals surface area contributed by atoms with Gasteiger partial charge in [0.2, 0.25) is 11.8 Å². The van der Waals surface area contributed by atoms with Crippen LogP contribution in [0.3, 0.4) is 0 Å². The molecular weight excluding hydrogens is 316 g/mol. The lowest BCUT2D eigenvalue weighted by Crippen LogP contribution is -2.30. The normalized spacial score (nSPS) is 17.3. The second-order valence-corrected chi connectivity index (χ2v) is 6.54. The number of methoxy groups -OCH3 is 1. The topological polar surface area (TPSA) is 77.4 Å². The molecule has 1 aliphatic rings. The van der Waals surface area contributed by atoms with Crippen LogP contribution in [-0.4, -0.2) is 52.3 Å². The van der Waals surface area contributed by atoms with E-state index in [0.717, 1.165) is 17.1 Å². The van der Waals surface area contributed by atoms with Crippen LogP contribution in [0.1, 0.15) is 26.8 Å². The van der Waals surface area contributed by atoms with E-state index in [2.05, 4.69) is 15.2 Å². The van der Waals surface area contributed by atoms with Crippen molar-refractivity contribution < 1.29 is 14.3 Å². The summed E-state index contributed by atoms with van der Waals surface area (Å²) in [5, 5.41) is 8.73. The molecule has 0 radical (unpaired) electrons. The molecule has 1 atom stereocenters. The molecule has 2 aromatic rings. The molecule has 8 heteroatoms. The molecule has 3 rings (SSSR count). The third-order valence-corrected chi connectivity index (χ3v) is 4.70. The van der Waals surface area contributed by atoms with Crippen molar-refractivity contribution >= 4 is 17.2 Å². The Labute approximate surface area is 138 Å². The Morgan fingerprint density at radius 2 is 2.04 bits per heavy atom. The first-order chi connectivity index (χ1) is 11.1. The van der Waals surface area contributed by atoms with Crippen molar-refractivity contribution in [3.05, 3.63) is 27.7 Å². The van der Waals surface area contributed by atoms with E-state index in [-0.39, 0.29) is 12.0 Å². The van der Waals surface area contributed by atoms with Gasteiger partial charge in [-0.3, -0.25) is 4.79 Å². The van der Waals surface area contributed by atoms with E-state index in [1.807, 2.05) is 18.7 Å². The molecule has 1 aliphatic heterocycles. The van der Waals surface area contributed by atoms with Crippen molar-refractivity contribution in [1.29, 1.82) is 0 Å². The van der Waals surface area contributed by atoms with E-state index >= 15 is 0 Å². The largest absolute Gasteiger partial charge is 0.480 e. The average Bonchev–Trinajstić information content (AvgIpc) is 3.14. The minimum atomic E-state index is -0.0732. The number of aryl methyl sites for hydroxylation is 2. The summed E-state index contributed by atoms with van der Waals surface area (Å²) < 4.78 is 10.8. The molecule has 1 saturated heterocycles. The molecule has 2 aromatic heterocycles. The number of carbonyl (C=O) groups is 1. The first-order valence-electron chi connectivity index (χ1n) is 7.34. The van der Waals surface area contributed by atoms with E-state index in [9.17, 15) is 4.79 Å². The molecule has 0 aliphatic carbocycles. The zero-order valence-corrected chi connectivity index (χ0v) is 14.1. The van der Waals surface area contributed by atoms with Crippen LogP contribution in [0.25, 0.3) is 0 Å². The summed E-state index contributed by atoms with van der Waals surface area (Å²) in [6.07, 6.45) is 0.701. The Morgan fingerprint density at radius 3 is 2.65 bits per heavy atom. The number of carbonyl (C=O) groups excluding carboxylic acids is 1. The Bertz CT molecular complexity index is 701. The van der Waals surface area contributed by atoms with Gasteiger partial charge in [0.05, 0.1) is 24.4 Å². The van der Waals surface area contributed by atoms with Crippen LogP contribution in [0.15, 0.2) is 12.1 Å². The number of thiazole rings is 1. The molecule has 0 N–H and O–H groups in total. The Kier molecular flexibility index (Phi) is 4.42. The van der Waals surface area contributed by atoms with Gasteiger partial charge in [-0.1, -0.05) is 0 Å². The molecule has 1 amide bonds. The van der Waals surface area contributed by atoms with Crippen LogP contribution in [-0.2, 0) is 0 Å². The molecule has 0 spiro atoms. The van der Waals surface area contributed by atoms with Crippen molar-refractivity contribution in [3.8, 4) is 11.8 Å². The molecule has 0 bridgehead atoms. The van der Waals surface area contributed by atoms with Crippen LogP contribution in [0.4, 0.5) is 0 Å². The second-order valence-electron chi connectivity index (χ2n) is 5.34. The highest BCUT2D eigenvalue weighted by atomic mass is 32.1. The van der Waals surface area contributed by atoms with Crippen molar-refractivity contribution in [3.63, 3.8) is 0 Å². The average molecular weight is 334 g/mol. The Hall–Kier alpha value is -2.22. The third kappa shape index (κ3) is 3.42. The highest BCUT2D eigenvalue weighted by Crippen LogP contribution is 2.23. The zero-order chi connectivity index (χ0) is 16.4. The number of likely N-dealkylation sites (tertiary alicyclic amines) is 1. The first-order valence-corrected chi connectivity index (χ1v) is 8.16. The molecule has 1 fully saturated rings. The molecular formula is C15H18N4O3S. The van der Waals surface area contributed by atoms with Crippen LogP contribution in [0.5, 0.6) is 11.8 Å². The van der Waals surface area contributed by atoms with Crippen LogP contribution < -0.4 is 9.47 Å².